The minimum Gasteiger partial charge on any atom is -0.480 e. The maximum atomic E-state index is 12.7. The fourth-order valence-corrected chi connectivity index (χ4v) is 2.64. The number of rotatable bonds is 16. The number of hydrogen-bond acceptors (Lipinski definition) is 6. The molecule has 0 bridgehead atoms. The summed E-state index contributed by atoms with van der Waals surface area (Å²) < 4.78 is 0. The monoisotopic (exact) mass is 443 g/mol. The second-order valence-electron chi connectivity index (χ2n) is 7.11. The molecule has 13 N–H and O–H groups in total. The fraction of sp³-hybridized carbons (Fsp3) is 0.722. The van der Waals surface area contributed by atoms with Crippen LogP contribution in [0, 0.1) is 0 Å². The Balaban J connectivity index is 4.87. The number of nitrogens with zero attached hydrogens (tertiary/aromatic N) is 2. The van der Waals surface area contributed by atoms with Crippen molar-refractivity contribution in [3.63, 3.8) is 0 Å². The summed E-state index contributed by atoms with van der Waals surface area (Å²) in [7, 11) is 0. The van der Waals surface area contributed by atoms with E-state index in [4.69, 9.17) is 28.7 Å². The van der Waals surface area contributed by atoms with Gasteiger partial charge in [0.1, 0.15) is 12.1 Å². The van der Waals surface area contributed by atoms with E-state index in [-0.39, 0.29) is 24.9 Å². The quantitative estimate of drug-likeness (QED) is 0.0721. The van der Waals surface area contributed by atoms with Crippen LogP contribution in [0.2, 0.25) is 0 Å². The van der Waals surface area contributed by atoms with Crippen molar-refractivity contribution in [3.05, 3.63) is 0 Å². The highest BCUT2D eigenvalue weighted by atomic mass is 16.4. The lowest BCUT2D eigenvalue weighted by Gasteiger charge is -2.23. The first-order chi connectivity index (χ1) is 14.6. The number of nitrogens with one attached hydrogen (secondary N) is 2. The van der Waals surface area contributed by atoms with Crippen LogP contribution in [-0.4, -0.2) is 66.0 Å². The SMILES string of the molecule is CCCC[C@H](NC(=O)[C@@H](N)CCCN=C(N)N)C(=O)N[C@@H](CCCN=C(N)N)C(=O)O. The molecule has 0 radical (unpaired) electrons. The van der Waals surface area contributed by atoms with Crippen molar-refractivity contribution in [1.82, 2.24) is 10.6 Å². The van der Waals surface area contributed by atoms with Crippen LogP contribution in [-0.2, 0) is 14.4 Å². The number of aliphatic imine (C=N–C) groups is 2. The van der Waals surface area contributed by atoms with Gasteiger partial charge in [0.15, 0.2) is 11.9 Å². The number of hydrogen-bond donors (Lipinski definition) is 8. The summed E-state index contributed by atoms with van der Waals surface area (Å²) in [5, 5.41) is 14.5. The first-order valence-corrected chi connectivity index (χ1v) is 10.3. The van der Waals surface area contributed by atoms with Crippen molar-refractivity contribution in [3.8, 4) is 0 Å². The van der Waals surface area contributed by atoms with E-state index < -0.39 is 35.9 Å². The molecule has 0 aliphatic rings. The predicted octanol–water partition coefficient (Wildman–Crippen LogP) is -2.33. The van der Waals surface area contributed by atoms with E-state index in [2.05, 4.69) is 20.6 Å². The molecule has 0 heterocycles. The molecule has 0 aliphatic carbocycles. The van der Waals surface area contributed by atoms with Crippen LogP contribution < -0.4 is 39.3 Å². The van der Waals surface area contributed by atoms with Crippen molar-refractivity contribution in [2.24, 2.45) is 38.7 Å². The van der Waals surface area contributed by atoms with Crippen molar-refractivity contribution < 1.29 is 19.5 Å². The Morgan fingerprint density at radius 1 is 0.806 bits per heavy atom. The van der Waals surface area contributed by atoms with Gasteiger partial charge in [-0.2, -0.15) is 0 Å². The smallest absolute Gasteiger partial charge is 0.326 e. The predicted molar refractivity (Wildman–Crippen MR) is 119 cm³/mol. The number of amides is 2. The molecule has 0 aliphatic heterocycles. The maximum absolute atomic E-state index is 12.7. The summed E-state index contributed by atoms with van der Waals surface area (Å²) in [5.41, 5.74) is 26.8. The van der Waals surface area contributed by atoms with E-state index in [1.54, 1.807) is 0 Å². The molecule has 0 spiro atoms. The topological polar surface area (TPSA) is 250 Å². The standard InChI is InChI=1S/C18H37N9O4/c1-2-3-7-12(26-14(28)11(19)6-4-9-24-17(20)21)15(29)27-13(16(30)31)8-5-10-25-18(22)23/h11-13H,2-10,19H2,1H3,(H,26,28)(H,27,29)(H,30,31)(H4,20,21,24)(H4,22,23,25)/t11-,12-,13-/m0/s1. The Labute approximate surface area is 182 Å². The lowest BCUT2D eigenvalue weighted by molar-refractivity contribution is -0.142. The normalized spacial score (nSPS) is 13.4. The molecule has 0 fully saturated rings. The molecule has 31 heavy (non-hydrogen) atoms. The van der Waals surface area contributed by atoms with E-state index in [0.717, 1.165) is 6.42 Å². The molecule has 0 rings (SSSR count). The molecule has 0 aromatic rings. The zero-order chi connectivity index (χ0) is 23.8. The van der Waals surface area contributed by atoms with Gasteiger partial charge >= 0.3 is 5.97 Å². The molecule has 178 valence electrons. The van der Waals surface area contributed by atoms with Crippen LogP contribution in [0.5, 0.6) is 0 Å². The zero-order valence-corrected chi connectivity index (χ0v) is 18.0. The zero-order valence-electron chi connectivity index (χ0n) is 18.0. The summed E-state index contributed by atoms with van der Waals surface area (Å²) in [5.74, 6) is -2.40. The second-order valence-corrected chi connectivity index (χ2v) is 7.11. The highest BCUT2D eigenvalue weighted by molar-refractivity contribution is 5.91. The highest BCUT2D eigenvalue weighted by Gasteiger charge is 2.27. The molecule has 0 saturated heterocycles. The second kappa shape index (κ2) is 15.7. The number of nitrogens with two attached hydrogens (primary N) is 5. The molecular formula is C18H37N9O4. The van der Waals surface area contributed by atoms with Gasteiger partial charge in [0.25, 0.3) is 0 Å². The summed E-state index contributed by atoms with van der Waals surface area (Å²) in [6.45, 7) is 2.52. The number of carbonyl (C=O) groups is 3. The van der Waals surface area contributed by atoms with Crippen molar-refractivity contribution in [2.45, 2.75) is 70.0 Å². The van der Waals surface area contributed by atoms with Crippen molar-refractivity contribution >= 4 is 29.7 Å². The van der Waals surface area contributed by atoms with Gasteiger partial charge in [-0.25, -0.2) is 4.79 Å². The minimum absolute atomic E-state index is 0.0411. The van der Waals surface area contributed by atoms with E-state index in [9.17, 15) is 19.5 Å². The van der Waals surface area contributed by atoms with Gasteiger partial charge < -0.3 is 44.4 Å². The summed E-state index contributed by atoms with van der Waals surface area (Å²) in [6, 6.07) is -2.87. The van der Waals surface area contributed by atoms with Crippen LogP contribution >= 0.6 is 0 Å². The largest absolute Gasteiger partial charge is 0.480 e. The van der Waals surface area contributed by atoms with Gasteiger partial charge in [-0.3, -0.25) is 19.6 Å². The summed E-state index contributed by atoms with van der Waals surface area (Å²) >= 11 is 0. The Morgan fingerprint density at radius 3 is 1.77 bits per heavy atom. The molecule has 0 aromatic heterocycles. The fourth-order valence-electron chi connectivity index (χ4n) is 2.64. The lowest BCUT2D eigenvalue weighted by Crippen LogP contribution is -2.54. The minimum atomic E-state index is -1.19. The van der Waals surface area contributed by atoms with Crippen LogP contribution in [0.4, 0.5) is 0 Å². The van der Waals surface area contributed by atoms with Gasteiger partial charge in [0.2, 0.25) is 11.8 Å². The molecule has 13 heteroatoms. The molecular weight excluding hydrogens is 406 g/mol. The van der Waals surface area contributed by atoms with Gasteiger partial charge in [-0.1, -0.05) is 19.8 Å². The van der Waals surface area contributed by atoms with E-state index in [1.807, 2.05) is 6.92 Å². The number of carboxylic acid groups (broad SMARTS) is 1. The van der Waals surface area contributed by atoms with Gasteiger partial charge in [0, 0.05) is 13.1 Å². The maximum Gasteiger partial charge on any atom is 0.326 e. The molecule has 0 unspecified atom stereocenters. The summed E-state index contributed by atoms with van der Waals surface area (Å²) in [4.78, 5) is 44.1. The average Bonchev–Trinajstić information content (AvgIpc) is 2.69. The third-order valence-electron chi connectivity index (χ3n) is 4.34. The number of carboxylic acids is 1. The molecule has 0 aromatic carbocycles. The molecule has 0 saturated carbocycles. The Kier molecular flexibility index (Phi) is 14.1. The Hall–Kier alpha value is -3.09. The van der Waals surface area contributed by atoms with Crippen molar-refractivity contribution in [1.29, 1.82) is 0 Å². The average molecular weight is 444 g/mol. The molecule has 2 amide bonds. The number of carbonyl (C=O) groups excluding carboxylic acids is 2. The third-order valence-corrected chi connectivity index (χ3v) is 4.34. The molecule has 3 atom stereocenters. The van der Waals surface area contributed by atoms with Gasteiger partial charge in [-0.05, 0) is 32.1 Å². The van der Waals surface area contributed by atoms with Crippen LogP contribution in [0.1, 0.15) is 51.9 Å². The van der Waals surface area contributed by atoms with Crippen molar-refractivity contribution in [2.75, 3.05) is 13.1 Å². The number of guanidine groups is 2. The van der Waals surface area contributed by atoms with Crippen LogP contribution in [0.15, 0.2) is 9.98 Å². The highest BCUT2D eigenvalue weighted by Crippen LogP contribution is 2.06. The lowest BCUT2D eigenvalue weighted by atomic mass is 10.1. The Morgan fingerprint density at radius 2 is 1.29 bits per heavy atom. The molecule has 13 nitrogen and oxygen atoms in total. The summed E-state index contributed by atoms with van der Waals surface area (Å²) in [6.07, 6.45) is 3.14. The van der Waals surface area contributed by atoms with E-state index in [1.165, 1.54) is 0 Å². The van der Waals surface area contributed by atoms with Crippen LogP contribution in [0.3, 0.4) is 0 Å². The first-order valence-electron chi connectivity index (χ1n) is 10.3. The van der Waals surface area contributed by atoms with Gasteiger partial charge in [-0.15, -0.1) is 0 Å². The van der Waals surface area contributed by atoms with E-state index >= 15 is 0 Å². The van der Waals surface area contributed by atoms with Gasteiger partial charge in [0.05, 0.1) is 6.04 Å². The third kappa shape index (κ3) is 13.7. The van der Waals surface area contributed by atoms with Crippen LogP contribution in [0.25, 0.3) is 0 Å². The number of unbranched alkanes of at least 4 members (excludes halogenated alkanes) is 1. The van der Waals surface area contributed by atoms with E-state index in [0.29, 0.717) is 38.6 Å². The number of aliphatic carboxylic acids is 1. The first kappa shape index (κ1) is 27.9. The Bertz CT molecular complexity index is 632.